The molecule has 3 aromatic heterocycles. The zero-order valence-electron chi connectivity index (χ0n) is 26.0. The first-order valence-corrected chi connectivity index (χ1v) is 15.5. The number of amides is 2. The number of carbonyl (C=O) groups excluding carboxylic acids is 2. The number of fused-ring (bicyclic) bond motifs is 2. The number of aromatic nitrogens is 3. The molecule has 0 radical (unpaired) electrons. The van der Waals surface area contributed by atoms with Gasteiger partial charge in [0, 0.05) is 39.9 Å². The minimum atomic E-state index is -0.275. The lowest BCUT2D eigenvalue weighted by atomic mass is 10.1. The lowest BCUT2D eigenvalue weighted by Crippen LogP contribution is -2.13. The smallest absolute Gasteiger partial charge is 0.274 e. The molecule has 0 atom stereocenters. The summed E-state index contributed by atoms with van der Waals surface area (Å²) in [7, 11) is 1.86. The Morgan fingerprint density at radius 3 is 1.87 bits per heavy atom. The molecule has 3 heterocycles. The zero-order chi connectivity index (χ0) is 32.5. The highest BCUT2D eigenvalue weighted by molar-refractivity contribution is 6.31. The van der Waals surface area contributed by atoms with Gasteiger partial charge in [-0.25, -0.2) is 9.97 Å². The van der Waals surface area contributed by atoms with Crippen molar-refractivity contribution in [1.29, 1.82) is 0 Å². The second-order valence-corrected chi connectivity index (χ2v) is 11.2. The maximum atomic E-state index is 12.5. The van der Waals surface area contributed by atoms with E-state index < -0.39 is 0 Å². The summed E-state index contributed by atoms with van der Waals surface area (Å²) in [5, 5.41) is 11.3. The number of hydrogen-bond donors (Lipinski definition) is 3. The minimum Gasteiger partial charge on any atom is -0.388 e. The molecule has 0 unspecified atom stereocenters. The number of aryl methyl sites for hydroxylation is 2. The van der Waals surface area contributed by atoms with Crippen LogP contribution in [0.4, 0.5) is 17.1 Å². The van der Waals surface area contributed by atoms with Crippen LogP contribution in [0.2, 0.25) is 5.02 Å². The van der Waals surface area contributed by atoms with E-state index in [9.17, 15) is 9.59 Å². The van der Waals surface area contributed by atoms with E-state index in [1.54, 1.807) is 36.5 Å². The van der Waals surface area contributed by atoms with Crippen LogP contribution < -0.4 is 16.0 Å². The summed E-state index contributed by atoms with van der Waals surface area (Å²) in [5.74, 6) is -0.472. The number of carbonyl (C=O) groups is 2. The van der Waals surface area contributed by atoms with Gasteiger partial charge in [0.2, 0.25) is 0 Å². The summed E-state index contributed by atoms with van der Waals surface area (Å²) in [6, 6.07) is 30.2. The molecule has 9 heteroatoms. The number of benzene rings is 3. The normalized spacial score (nSPS) is 10.6. The Balaban J connectivity index is 0.000000184. The zero-order valence-corrected chi connectivity index (χ0v) is 26.7. The molecule has 0 saturated carbocycles. The molecule has 0 bridgehead atoms. The first-order valence-electron chi connectivity index (χ1n) is 15.1. The minimum absolute atomic E-state index is 0.196. The van der Waals surface area contributed by atoms with Crippen LogP contribution in [0.15, 0.2) is 103 Å². The van der Waals surface area contributed by atoms with Crippen molar-refractivity contribution in [3.05, 3.63) is 131 Å². The van der Waals surface area contributed by atoms with Crippen LogP contribution in [-0.4, -0.2) is 33.8 Å². The van der Waals surface area contributed by atoms with Crippen molar-refractivity contribution in [2.24, 2.45) is 0 Å². The molecule has 46 heavy (non-hydrogen) atoms. The first-order chi connectivity index (χ1) is 22.3. The van der Waals surface area contributed by atoms with Crippen LogP contribution in [0.3, 0.4) is 0 Å². The van der Waals surface area contributed by atoms with Gasteiger partial charge in [-0.05, 0) is 92.1 Å². The Kier molecular flexibility index (Phi) is 10.5. The molecule has 8 nitrogen and oxygen atoms in total. The second kappa shape index (κ2) is 15.1. The molecule has 3 N–H and O–H groups in total. The van der Waals surface area contributed by atoms with Gasteiger partial charge >= 0.3 is 0 Å². The van der Waals surface area contributed by atoms with E-state index in [1.165, 1.54) is 12.0 Å². The van der Waals surface area contributed by atoms with E-state index in [2.05, 4.69) is 56.0 Å². The Bertz CT molecular complexity index is 1980. The molecule has 0 saturated heterocycles. The third kappa shape index (κ3) is 8.43. The molecule has 0 aliphatic heterocycles. The van der Waals surface area contributed by atoms with E-state index >= 15 is 0 Å². The molecule has 0 spiro atoms. The van der Waals surface area contributed by atoms with Gasteiger partial charge in [-0.2, -0.15) is 0 Å². The molecule has 232 valence electrons. The maximum Gasteiger partial charge on any atom is 0.274 e. The lowest BCUT2D eigenvalue weighted by Gasteiger charge is -2.08. The van der Waals surface area contributed by atoms with Gasteiger partial charge in [-0.1, -0.05) is 55.3 Å². The maximum absolute atomic E-state index is 12.5. The van der Waals surface area contributed by atoms with E-state index in [-0.39, 0.29) is 11.8 Å². The Labute approximate surface area is 273 Å². The van der Waals surface area contributed by atoms with E-state index in [4.69, 9.17) is 11.6 Å². The average molecular weight is 631 g/mol. The summed E-state index contributed by atoms with van der Waals surface area (Å²) in [6.45, 7) is 4.07. The number of nitrogens with zero attached hydrogens (tertiary/aromatic N) is 3. The Morgan fingerprint density at radius 2 is 1.26 bits per heavy atom. The van der Waals surface area contributed by atoms with Crippen LogP contribution >= 0.6 is 11.6 Å². The summed E-state index contributed by atoms with van der Waals surface area (Å²) in [6.07, 6.45) is 4.99. The highest BCUT2D eigenvalue weighted by Crippen LogP contribution is 2.20. The van der Waals surface area contributed by atoms with Crippen molar-refractivity contribution in [1.82, 2.24) is 15.0 Å². The number of rotatable bonds is 8. The Hall–Kier alpha value is -5.34. The summed E-state index contributed by atoms with van der Waals surface area (Å²) in [5.41, 5.74) is 6.88. The van der Waals surface area contributed by atoms with Gasteiger partial charge in [-0.15, -0.1) is 0 Å². The van der Waals surface area contributed by atoms with Gasteiger partial charge in [-0.3, -0.25) is 14.6 Å². The number of halogens is 1. The lowest BCUT2D eigenvalue weighted by molar-refractivity contribution is 0.101. The third-order valence-electron chi connectivity index (χ3n) is 7.30. The van der Waals surface area contributed by atoms with Crippen molar-refractivity contribution in [2.45, 2.75) is 33.1 Å². The van der Waals surface area contributed by atoms with Gasteiger partial charge in [0.25, 0.3) is 11.8 Å². The van der Waals surface area contributed by atoms with Crippen molar-refractivity contribution in [2.75, 3.05) is 23.0 Å². The molecule has 0 aliphatic carbocycles. The fourth-order valence-electron chi connectivity index (χ4n) is 4.69. The fourth-order valence-corrected chi connectivity index (χ4v) is 4.86. The van der Waals surface area contributed by atoms with Crippen LogP contribution in [0.25, 0.3) is 21.8 Å². The molecule has 3 aromatic carbocycles. The Morgan fingerprint density at radius 1 is 0.696 bits per heavy atom. The SMILES string of the molecule is CCCCc1ccc2ccc(C(=O)Nc3ccc(NC)cc3)nc2c1.Cc1ccc(NC(=O)c2ccc3ccc(Cl)cc3n2)cn1. The summed E-state index contributed by atoms with van der Waals surface area (Å²) >= 11 is 5.95. The molecule has 6 aromatic rings. The van der Waals surface area contributed by atoms with Crippen molar-refractivity contribution in [3.8, 4) is 0 Å². The van der Waals surface area contributed by atoms with Gasteiger partial charge in [0.15, 0.2) is 0 Å². The highest BCUT2D eigenvalue weighted by Gasteiger charge is 2.10. The van der Waals surface area contributed by atoms with Crippen molar-refractivity contribution in [3.63, 3.8) is 0 Å². The molecular formula is C37H35ClN6O2. The quantitative estimate of drug-likeness (QED) is 0.155. The molecule has 0 fully saturated rings. The monoisotopic (exact) mass is 630 g/mol. The molecular weight excluding hydrogens is 596 g/mol. The largest absolute Gasteiger partial charge is 0.388 e. The predicted octanol–water partition coefficient (Wildman–Crippen LogP) is 8.72. The van der Waals surface area contributed by atoms with Crippen LogP contribution in [-0.2, 0) is 6.42 Å². The number of nitrogens with one attached hydrogen (secondary N) is 3. The van der Waals surface area contributed by atoms with Gasteiger partial charge in [0.05, 0.1) is 22.9 Å². The molecule has 6 rings (SSSR count). The number of unbranched alkanes of at least 4 members (excludes halogenated alkanes) is 1. The topological polar surface area (TPSA) is 109 Å². The van der Waals surface area contributed by atoms with E-state index in [1.807, 2.05) is 62.5 Å². The average Bonchev–Trinajstić information content (AvgIpc) is 3.08. The standard InChI is InChI=1S/C21H23N3O.C16H12ClN3O/c1-3-4-5-15-6-7-16-8-13-19(24-20(16)14-15)21(25)23-18-11-9-17(22-2)10-12-18;1-10-2-6-13(9-18-10)19-16(21)14-7-4-11-3-5-12(17)8-15(11)20-14/h6-14,22H,3-5H2,1-2H3,(H,23,25);2-9H,1H3,(H,19,21). The number of pyridine rings is 3. The van der Waals surface area contributed by atoms with E-state index in [0.29, 0.717) is 27.6 Å². The summed E-state index contributed by atoms with van der Waals surface area (Å²) < 4.78 is 0. The predicted molar refractivity (Wildman–Crippen MR) is 188 cm³/mol. The number of anilines is 3. The van der Waals surface area contributed by atoms with Crippen LogP contribution in [0.5, 0.6) is 0 Å². The van der Waals surface area contributed by atoms with Crippen LogP contribution in [0, 0.1) is 6.92 Å². The summed E-state index contributed by atoms with van der Waals surface area (Å²) in [4.78, 5) is 37.7. The number of hydrogen-bond acceptors (Lipinski definition) is 6. The van der Waals surface area contributed by atoms with Crippen molar-refractivity contribution >= 4 is 62.3 Å². The van der Waals surface area contributed by atoms with Gasteiger partial charge in [0.1, 0.15) is 11.4 Å². The van der Waals surface area contributed by atoms with Gasteiger partial charge < -0.3 is 16.0 Å². The second-order valence-electron chi connectivity index (χ2n) is 10.8. The third-order valence-corrected chi connectivity index (χ3v) is 7.53. The van der Waals surface area contributed by atoms with Crippen molar-refractivity contribution < 1.29 is 9.59 Å². The van der Waals surface area contributed by atoms with Crippen LogP contribution in [0.1, 0.15) is 52.0 Å². The van der Waals surface area contributed by atoms with E-state index in [0.717, 1.165) is 46.2 Å². The molecule has 2 amide bonds. The highest BCUT2D eigenvalue weighted by atomic mass is 35.5. The fraction of sp³-hybridized carbons (Fsp3) is 0.162. The molecule has 0 aliphatic rings. The first kappa shape index (κ1) is 32.1.